The number of Topliss-reactive ketones (excluding diaryl/α,β-unsaturated/α-hetero) is 1. The first-order chi connectivity index (χ1) is 7.25. The van der Waals surface area contributed by atoms with Gasteiger partial charge in [-0.05, 0) is 37.1 Å². The number of anilines is 1. The van der Waals surface area contributed by atoms with Crippen molar-refractivity contribution in [1.29, 1.82) is 0 Å². The number of aromatic nitrogens is 1. The zero-order chi connectivity index (χ0) is 10.7. The fourth-order valence-electron chi connectivity index (χ4n) is 1.89. The van der Waals surface area contributed by atoms with Crippen molar-refractivity contribution < 1.29 is 4.79 Å². The Labute approximate surface area is 88.9 Å². The van der Waals surface area contributed by atoms with Crippen molar-refractivity contribution in [2.24, 2.45) is 0 Å². The Kier molecular flexibility index (Phi) is 2.97. The molecule has 2 heterocycles. The fraction of sp³-hybridized carbons (Fsp3) is 0.455. The van der Waals surface area contributed by atoms with Crippen molar-refractivity contribution in [3.63, 3.8) is 0 Å². The van der Waals surface area contributed by atoms with Crippen LogP contribution in [0.3, 0.4) is 0 Å². The summed E-state index contributed by atoms with van der Waals surface area (Å²) in [5, 5.41) is 3.19. The van der Waals surface area contributed by atoms with Crippen LogP contribution in [-0.2, 0) is 11.2 Å². The minimum Gasteiger partial charge on any atom is -0.384 e. The van der Waals surface area contributed by atoms with E-state index in [9.17, 15) is 4.79 Å². The fourth-order valence-corrected chi connectivity index (χ4v) is 1.89. The number of rotatable bonds is 3. The lowest BCUT2D eigenvalue weighted by Crippen LogP contribution is -2.31. The highest BCUT2D eigenvalue weighted by Crippen LogP contribution is 2.10. The Hall–Kier alpha value is -1.42. The van der Waals surface area contributed by atoms with E-state index in [-0.39, 0.29) is 11.8 Å². The molecule has 1 fully saturated rings. The number of nitrogens with one attached hydrogen (secondary N) is 1. The molecule has 1 unspecified atom stereocenters. The first-order valence-corrected chi connectivity index (χ1v) is 5.22. The molecular weight excluding hydrogens is 190 g/mol. The van der Waals surface area contributed by atoms with E-state index in [2.05, 4.69) is 10.3 Å². The number of pyridine rings is 1. The minimum atomic E-state index is 0.0411. The molecule has 1 saturated heterocycles. The van der Waals surface area contributed by atoms with E-state index in [1.165, 1.54) is 0 Å². The summed E-state index contributed by atoms with van der Waals surface area (Å²) >= 11 is 0. The number of carbonyl (C=O) groups excluding carboxylic acids is 1. The molecule has 0 spiro atoms. The number of nitrogen functional groups attached to an aromatic ring is 1. The van der Waals surface area contributed by atoms with Crippen molar-refractivity contribution in [3.8, 4) is 0 Å². The second kappa shape index (κ2) is 4.40. The smallest absolute Gasteiger partial charge is 0.154 e. The number of hydrogen-bond acceptors (Lipinski definition) is 4. The van der Waals surface area contributed by atoms with Crippen LogP contribution in [0.5, 0.6) is 0 Å². The maximum Gasteiger partial charge on any atom is 0.154 e. The molecule has 4 nitrogen and oxygen atoms in total. The van der Waals surface area contributed by atoms with E-state index >= 15 is 0 Å². The van der Waals surface area contributed by atoms with Gasteiger partial charge in [-0.15, -0.1) is 0 Å². The summed E-state index contributed by atoms with van der Waals surface area (Å²) in [6, 6.07) is 3.63. The largest absolute Gasteiger partial charge is 0.384 e. The summed E-state index contributed by atoms with van der Waals surface area (Å²) in [5.74, 6) is 0.720. The van der Waals surface area contributed by atoms with Gasteiger partial charge in [0.1, 0.15) is 5.82 Å². The molecule has 80 valence electrons. The molecule has 1 aliphatic heterocycles. The van der Waals surface area contributed by atoms with Gasteiger partial charge in [0.2, 0.25) is 0 Å². The van der Waals surface area contributed by atoms with Crippen LogP contribution in [0.25, 0.3) is 0 Å². The molecule has 3 N–H and O–H groups in total. The highest BCUT2D eigenvalue weighted by molar-refractivity contribution is 5.86. The summed E-state index contributed by atoms with van der Waals surface area (Å²) in [6.07, 6.45) is 4.14. The minimum absolute atomic E-state index is 0.0411. The Morgan fingerprint density at radius 2 is 2.53 bits per heavy atom. The van der Waals surface area contributed by atoms with E-state index in [0.29, 0.717) is 12.2 Å². The first kappa shape index (κ1) is 10.1. The van der Waals surface area contributed by atoms with Gasteiger partial charge in [0, 0.05) is 12.6 Å². The third-order valence-corrected chi connectivity index (χ3v) is 2.67. The van der Waals surface area contributed by atoms with E-state index in [1.54, 1.807) is 12.3 Å². The molecule has 0 bridgehead atoms. The van der Waals surface area contributed by atoms with Crippen LogP contribution in [0.2, 0.25) is 0 Å². The van der Waals surface area contributed by atoms with Crippen molar-refractivity contribution in [2.75, 3.05) is 12.3 Å². The summed E-state index contributed by atoms with van der Waals surface area (Å²) in [6.45, 7) is 0.953. The van der Waals surface area contributed by atoms with Crippen molar-refractivity contribution in [1.82, 2.24) is 10.3 Å². The van der Waals surface area contributed by atoms with Crippen LogP contribution in [0.1, 0.15) is 18.4 Å². The third-order valence-electron chi connectivity index (χ3n) is 2.67. The molecule has 1 atom stereocenters. The van der Waals surface area contributed by atoms with Gasteiger partial charge < -0.3 is 11.1 Å². The lowest BCUT2D eigenvalue weighted by atomic mass is 10.0. The predicted molar refractivity (Wildman–Crippen MR) is 58.4 cm³/mol. The molecule has 0 radical (unpaired) electrons. The molecule has 1 aromatic heterocycles. The summed E-state index contributed by atoms with van der Waals surface area (Å²) in [7, 11) is 0. The number of carbonyl (C=O) groups is 1. The van der Waals surface area contributed by atoms with Crippen LogP contribution >= 0.6 is 0 Å². The van der Waals surface area contributed by atoms with Gasteiger partial charge in [-0.2, -0.15) is 0 Å². The Balaban J connectivity index is 1.99. The summed E-state index contributed by atoms with van der Waals surface area (Å²) in [5.41, 5.74) is 6.50. The van der Waals surface area contributed by atoms with Crippen LogP contribution in [-0.4, -0.2) is 23.4 Å². The second-order valence-electron chi connectivity index (χ2n) is 3.88. The van der Waals surface area contributed by atoms with Gasteiger partial charge in [-0.25, -0.2) is 4.98 Å². The van der Waals surface area contributed by atoms with Gasteiger partial charge in [0.05, 0.1) is 6.04 Å². The van der Waals surface area contributed by atoms with Gasteiger partial charge in [0.25, 0.3) is 0 Å². The predicted octanol–water partition coefficient (Wildman–Crippen LogP) is 0.527. The van der Waals surface area contributed by atoms with Crippen molar-refractivity contribution in [3.05, 3.63) is 23.9 Å². The number of hydrogen-bond donors (Lipinski definition) is 2. The van der Waals surface area contributed by atoms with Gasteiger partial charge in [-0.3, -0.25) is 4.79 Å². The molecule has 0 amide bonds. The van der Waals surface area contributed by atoms with Gasteiger partial charge in [-0.1, -0.05) is 0 Å². The molecular formula is C11H15N3O. The average Bonchev–Trinajstić information content (AvgIpc) is 2.70. The topological polar surface area (TPSA) is 68.0 Å². The average molecular weight is 205 g/mol. The highest BCUT2D eigenvalue weighted by Gasteiger charge is 2.21. The van der Waals surface area contributed by atoms with E-state index < -0.39 is 0 Å². The highest BCUT2D eigenvalue weighted by atomic mass is 16.1. The zero-order valence-corrected chi connectivity index (χ0v) is 8.57. The lowest BCUT2D eigenvalue weighted by molar-refractivity contribution is -0.120. The molecule has 1 aromatic rings. The first-order valence-electron chi connectivity index (χ1n) is 5.22. The van der Waals surface area contributed by atoms with Crippen LogP contribution in [0.15, 0.2) is 18.3 Å². The SMILES string of the molecule is Nc1cc(CC(=O)C2CCCN2)ccn1. The molecule has 1 aliphatic rings. The quantitative estimate of drug-likeness (QED) is 0.755. The monoisotopic (exact) mass is 205 g/mol. The molecule has 0 saturated carbocycles. The van der Waals surface area contributed by atoms with E-state index in [1.807, 2.05) is 6.07 Å². The van der Waals surface area contributed by atoms with Gasteiger partial charge >= 0.3 is 0 Å². The van der Waals surface area contributed by atoms with E-state index in [0.717, 1.165) is 24.9 Å². The Morgan fingerprint density at radius 3 is 3.20 bits per heavy atom. The lowest BCUT2D eigenvalue weighted by Gasteiger charge is -2.08. The zero-order valence-electron chi connectivity index (χ0n) is 8.57. The standard InChI is InChI=1S/C11H15N3O/c12-11-7-8(3-5-14-11)6-10(15)9-2-1-4-13-9/h3,5,7,9,13H,1-2,4,6H2,(H2,12,14). The van der Waals surface area contributed by atoms with Crippen LogP contribution in [0.4, 0.5) is 5.82 Å². The number of ketones is 1. The maximum atomic E-state index is 11.8. The summed E-state index contributed by atoms with van der Waals surface area (Å²) < 4.78 is 0. The normalized spacial score (nSPS) is 20.4. The van der Waals surface area contributed by atoms with Crippen LogP contribution in [0, 0.1) is 0 Å². The van der Waals surface area contributed by atoms with Crippen molar-refractivity contribution in [2.45, 2.75) is 25.3 Å². The molecule has 2 rings (SSSR count). The molecule has 0 aromatic carbocycles. The van der Waals surface area contributed by atoms with Gasteiger partial charge in [0.15, 0.2) is 5.78 Å². The third kappa shape index (κ3) is 2.53. The van der Waals surface area contributed by atoms with Crippen LogP contribution < -0.4 is 11.1 Å². The number of nitrogens with two attached hydrogens (primary N) is 1. The maximum absolute atomic E-state index is 11.8. The second-order valence-corrected chi connectivity index (χ2v) is 3.88. The van der Waals surface area contributed by atoms with Crippen molar-refractivity contribution >= 4 is 11.6 Å². The number of nitrogens with zero attached hydrogens (tertiary/aromatic N) is 1. The molecule has 15 heavy (non-hydrogen) atoms. The Morgan fingerprint density at radius 1 is 1.67 bits per heavy atom. The molecule has 0 aliphatic carbocycles. The molecule has 4 heteroatoms. The summed E-state index contributed by atoms with van der Waals surface area (Å²) in [4.78, 5) is 15.7. The Bertz CT molecular complexity index is 359. The van der Waals surface area contributed by atoms with E-state index in [4.69, 9.17) is 5.73 Å².